The molecule has 1 rings (SSSR count). The molecule has 0 bridgehead atoms. The number of nitrogens with two attached hydrogens (primary N) is 1. The van der Waals surface area contributed by atoms with Gasteiger partial charge in [0.1, 0.15) is 12.1 Å². The van der Waals surface area contributed by atoms with Crippen molar-refractivity contribution in [1.29, 1.82) is 0 Å². The highest BCUT2D eigenvalue weighted by Gasteiger charge is 2.24. The van der Waals surface area contributed by atoms with Gasteiger partial charge in [-0.1, -0.05) is 0 Å². The number of hydrogen-bond acceptors (Lipinski definition) is 4. The third kappa shape index (κ3) is 2.69. The highest BCUT2D eigenvalue weighted by molar-refractivity contribution is 5.85. The second kappa shape index (κ2) is 4.80. The molecular formula is C6H10ClN3O3. The maximum atomic E-state index is 10.3. The lowest BCUT2D eigenvalue weighted by Gasteiger charge is -2.12. The molecule has 0 radical (unpaired) electrons. The number of aliphatic carboxylic acids is 1. The van der Waals surface area contributed by atoms with E-state index in [-0.39, 0.29) is 12.4 Å². The van der Waals surface area contributed by atoms with Gasteiger partial charge in [0.15, 0.2) is 0 Å². The molecule has 0 aliphatic carbocycles. The molecule has 0 aliphatic heterocycles. The first-order valence-electron chi connectivity index (χ1n) is 3.27. The number of aromatic amines is 1. The van der Waals surface area contributed by atoms with Crippen LogP contribution in [0.2, 0.25) is 0 Å². The molecule has 6 nitrogen and oxygen atoms in total. The van der Waals surface area contributed by atoms with Crippen molar-refractivity contribution < 1.29 is 15.0 Å². The van der Waals surface area contributed by atoms with Crippen molar-refractivity contribution in [2.24, 2.45) is 5.73 Å². The molecular weight excluding hydrogens is 198 g/mol. The summed E-state index contributed by atoms with van der Waals surface area (Å²) in [6.07, 6.45) is 1.42. The predicted molar refractivity (Wildman–Crippen MR) is 46.4 cm³/mol. The standard InChI is InChI=1S/C6H9N3O3.ClH/c7-4(6(11)12)5(10)3-1-8-2-9-3;/h1-2,4-5,10H,7H2,(H,8,9)(H,11,12);1H/t4-,5+;/m1./s1. The van der Waals surface area contributed by atoms with Gasteiger partial charge in [0, 0.05) is 0 Å². The summed E-state index contributed by atoms with van der Waals surface area (Å²) in [5, 5.41) is 17.7. The fourth-order valence-electron chi connectivity index (χ4n) is 0.757. The van der Waals surface area contributed by atoms with Gasteiger partial charge in [0.2, 0.25) is 0 Å². The van der Waals surface area contributed by atoms with E-state index in [1.165, 1.54) is 12.5 Å². The molecule has 7 heteroatoms. The summed E-state index contributed by atoms with van der Waals surface area (Å²) in [6.45, 7) is 0. The van der Waals surface area contributed by atoms with Gasteiger partial charge in [-0.3, -0.25) is 4.79 Å². The first-order valence-corrected chi connectivity index (χ1v) is 3.27. The molecule has 0 saturated carbocycles. The Morgan fingerprint density at radius 3 is 2.69 bits per heavy atom. The molecule has 0 aromatic carbocycles. The fraction of sp³-hybridized carbons (Fsp3) is 0.333. The van der Waals surface area contributed by atoms with Gasteiger partial charge in [-0.05, 0) is 0 Å². The monoisotopic (exact) mass is 207 g/mol. The van der Waals surface area contributed by atoms with Gasteiger partial charge in [-0.15, -0.1) is 12.4 Å². The Hall–Kier alpha value is -1.11. The number of H-pyrrole nitrogens is 1. The molecule has 0 unspecified atom stereocenters. The van der Waals surface area contributed by atoms with Crippen molar-refractivity contribution in [3.05, 3.63) is 18.2 Å². The van der Waals surface area contributed by atoms with E-state index in [2.05, 4.69) is 9.97 Å². The molecule has 0 fully saturated rings. The lowest BCUT2D eigenvalue weighted by atomic mass is 10.1. The minimum atomic E-state index is -1.33. The first-order chi connectivity index (χ1) is 5.63. The number of imidazole rings is 1. The Kier molecular flexibility index (Phi) is 4.39. The lowest BCUT2D eigenvalue weighted by molar-refractivity contribution is -0.141. The summed E-state index contributed by atoms with van der Waals surface area (Å²) >= 11 is 0. The first kappa shape index (κ1) is 11.9. The molecule has 1 aromatic rings. The van der Waals surface area contributed by atoms with E-state index in [4.69, 9.17) is 10.8 Å². The molecule has 2 atom stereocenters. The molecule has 0 spiro atoms. The number of carboxylic acids is 1. The number of carbonyl (C=O) groups is 1. The van der Waals surface area contributed by atoms with E-state index in [0.717, 1.165) is 0 Å². The van der Waals surface area contributed by atoms with E-state index < -0.39 is 18.1 Å². The van der Waals surface area contributed by atoms with Gasteiger partial charge in [0.25, 0.3) is 0 Å². The van der Waals surface area contributed by atoms with Gasteiger partial charge in [-0.25, -0.2) is 4.98 Å². The quantitative estimate of drug-likeness (QED) is 0.523. The van der Waals surface area contributed by atoms with Crippen LogP contribution in [-0.2, 0) is 4.79 Å². The van der Waals surface area contributed by atoms with Crippen LogP contribution in [-0.4, -0.2) is 32.2 Å². The Labute approximate surface area is 80.2 Å². The summed E-state index contributed by atoms with van der Waals surface area (Å²) in [5.41, 5.74) is 5.45. The molecule has 5 N–H and O–H groups in total. The van der Waals surface area contributed by atoms with Crippen molar-refractivity contribution >= 4 is 18.4 Å². The van der Waals surface area contributed by atoms with E-state index in [9.17, 15) is 9.90 Å². The summed E-state index contributed by atoms with van der Waals surface area (Å²) in [5.74, 6) is -1.25. The van der Waals surface area contributed by atoms with Crippen LogP contribution in [0, 0.1) is 0 Å². The molecule has 74 valence electrons. The van der Waals surface area contributed by atoms with Gasteiger partial charge < -0.3 is 20.9 Å². The normalized spacial score (nSPS) is 14.3. The number of aliphatic hydroxyl groups is 1. The summed E-state index contributed by atoms with van der Waals surface area (Å²) in [4.78, 5) is 16.5. The molecule has 13 heavy (non-hydrogen) atoms. The number of halogens is 1. The van der Waals surface area contributed by atoms with E-state index in [1.807, 2.05) is 0 Å². The zero-order valence-electron chi connectivity index (χ0n) is 6.54. The van der Waals surface area contributed by atoms with Crippen LogP contribution >= 0.6 is 12.4 Å². The maximum Gasteiger partial charge on any atom is 0.323 e. The highest BCUT2D eigenvalue weighted by atomic mass is 35.5. The molecule has 0 amide bonds. The molecule has 1 heterocycles. The number of nitrogens with one attached hydrogen (secondary N) is 1. The predicted octanol–water partition coefficient (Wildman–Crippen LogP) is -0.723. The van der Waals surface area contributed by atoms with Gasteiger partial charge in [-0.2, -0.15) is 0 Å². The Morgan fingerprint density at radius 2 is 2.31 bits per heavy atom. The van der Waals surface area contributed by atoms with Crippen LogP contribution in [0.1, 0.15) is 11.8 Å². The van der Waals surface area contributed by atoms with Crippen molar-refractivity contribution in [1.82, 2.24) is 9.97 Å². The van der Waals surface area contributed by atoms with Crippen molar-refractivity contribution in [3.8, 4) is 0 Å². The van der Waals surface area contributed by atoms with Crippen LogP contribution in [0.25, 0.3) is 0 Å². The Morgan fingerprint density at radius 1 is 1.69 bits per heavy atom. The molecule has 0 saturated heterocycles. The zero-order valence-corrected chi connectivity index (χ0v) is 7.36. The number of aliphatic hydroxyl groups excluding tert-OH is 1. The Bertz CT molecular complexity index is 264. The average molecular weight is 208 g/mol. The van der Waals surface area contributed by atoms with Crippen LogP contribution in [0.3, 0.4) is 0 Å². The number of rotatable bonds is 3. The third-order valence-corrected chi connectivity index (χ3v) is 1.46. The SMILES string of the molecule is Cl.N[C@@H](C(=O)O)[C@@H](O)c1cnc[nH]1. The van der Waals surface area contributed by atoms with E-state index in [1.54, 1.807) is 0 Å². The third-order valence-electron chi connectivity index (χ3n) is 1.46. The van der Waals surface area contributed by atoms with E-state index >= 15 is 0 Å². The maximum absolute atomic E-state index is 10.3. The number of nitrogens with zero attached hydrogens (tertiary/aromatic N) is 1. The van der Waals surface area contributed by atoms with Crippen molar-refractivity contribution in [2.75, 3.05) is 0 Å². The number of aromatic nitrogens is 2. The average Bonchev–Trinajstić information content (AvgIpc) is 2.53. The second-order valence-electron chi connectivity index (χ2n) is 2.32. The van der Waals surface area contributed by atoms with Crippen molar-refractivity contribution in [3.63, 3.8) is 0 Å². The van der Waals surface area contributed by atoms with E-state index in [0.29, 0.717) is 5.69 Å². The number of hydrogen-bond donors (Lipinski definition) is 4. The second-order valence-corrected chi connectivity index (χ2v) is 2.32. The summed E-state index contributed by atoms with van der Waals surface area (Å²) in [7, 11) is 0. The van der Waals surface area contributed by atoms with Crippen LogP contribution < -0.4 is 5.73 Å². The topological polar surface area (TPSA) is 112 Å². The largest absolute Gasteiger partial charge is 0.480 e. The van der Waals surface area contributed by atoms with Crippen LogP contribution in [0.4, 0.5) is 0 Å². The summed E-state index contributed by atoms with van der Waals surface area (Å²) in [6, 6.07) is -1.33. The zero-order chi connectivity index (χ0) is 9.14. The summed E-state index contributed by atoms with van der Waals surface area (Å²) < 4.78 is 0. The highest BCUT2D eigenvalue weighted by Crippen LogP contribution is 2.11. The van der Waals surface area contributed by atoms with Crippen LogP contribution in [0.15, 0.2) is 12.5 Å². The lowest BCUT2D eigenvalue weighted by Crippen LogP contribution is -2.36. The molecule has 0 aliphatic rings. The molecule has 1 aromatic heterocycles. The van der Waals surface area contributed by atoms with Crippen LogP contribution in [0.5, 0.6) is 0 Å². The Balaban J connectivity index is 0.00000144. The smallest absolute Gasteiger partial charge is 0.323 e. The fourth-order valence-corrected chi connectivity index (χ4v) is 0.757. The number of carboxylic acid groups (broad SMARTS) is 1. The van der Waals surface area contributed by atoms with Gasteiger partial charge in [0.05, 0.1) is 18.2 Å². The minimum absolute atomic E-state index is 0. The minimum Gasteiger partial charge on any atom is -0.480 e. The van der Waals surface area contributed by atoms with Gasteiger partial charge >= 0.3 is 5.97 Å². The van der Waals surface area contributed by atoms with Crippen molar-refractivity contribution in [2.45, 2.75) is 12.1 Å².